The average molecular weight is 342 g/mol. The minimum atomic E-state index is -3.71. The second-order valence-corrected chi connectivity index (χ2v) is 6.85. The minimum Gasteiger partial charge on any atom is -0.280 e. The van der Waals surface area contributed by atoms with Crippen molar-refractivity contribution in [2.45, 2.75) is 4.90 Å². The normalized spacial score (nSPS) is 11.7. The summed E-state index contributed by atoms with van der Waals surface area (Å²) in [6, 6.07) is 9.23. The van der Waals surface area contributed by atoms with Gasteiger partial charge in [-0.3, -0.25) is 9.82 Å². The van der Waals surface area contributed by atoms with Crippen LogP contribution in [-0.4, -0.2) is 18.6 Å². The van der Waals surface area contributed by atoms with Gasteiger partial charge < -0.3 is 0 Å². The molecule has 0 atom stereocenters. The fourth-order valence-corrected chi connectivity index (χ4v) is 3.24. The summed E-state index contributed by atoms with van der Waals surface area (Å²) in [5, 5.41) is 7.98. The van der Waals surface area contributed by atoms with Crippen LogP contribution in [0.15, 0.2) is 47.5 Å². The van der Waals surface area contributed by atoms with Gasteiger partial charge >= 0.3 is 0 Å². The van der Waals surface area contributed by atoms with Crippen molar-refractivity contribution in [1.82, 2.24) is 10.2 Å². The van der Waals surface area contributed by atoms with Crippen LogP contribution in [0.1, 0.15) is 0 Å². The fraction of sp³-hybridized carbons (Fsp3) is 0. The van der Waals surface area contributed by atoms with E-state index in [0.717, 1.165) is 5.52 Å². The average Bonchev–Trinajstić information content (AvgIpc) is 2.90. The minimum absolute atomic E-state index is 0.141. The van der Waals surface area contributed by atoms with E-state index < -0.39 is 10.0 Å². The lowest BCUT2D eigenvalue weighted by Crippen LogP contribution is -2.12. The highest BCUT2D eigenvalue weighted by atomic mass is 35.5. The maximum atomic E-state index is 12.3. The van der Waals surface area contributed by atoms with Gasteiger partial charge in [-0.25, -0.2) is 8.42 Å². The Bertz CT molecular complexity index is 922. The fourth-order valence-electron chi connectivity index (χ4n) is 1.86. The SMILES string of the molecule is O=S(=O)(Nc1ccc(Cl)c(Cl)c1)c1ccc2[nH]ncc2c1. The van der Waals surface area contributed by atoms with Gasteiger partial charge in [-0.05, 0) is 36.4 Å². The number of fused-ring (bicyclic) bond motifs is 1. The number of hydrogen-bond donors (Lipinski definition) is 2. The van der Waals surface area contributed by atoms with Crippen LogP contribution < -0.4 is 4.72 Å². The van der Waals surface area contributed by atoms with Gasteiger partial charge in [0.25, 0.3) is 10.0 Å². The Labute approximate surface area is 130 Å². The standard InChI is InChI=1S/C13H9Cl2N3O2S/c14-11-3-1-9(6-12(11)15)18-21(19,20)10-2-4-13-8(5-10)7-16-17-13/h1-7,18H,(H,16,17). The molecule has 3 rings (SSSR count). The number of H-pyrrole nitrogens is 1. The molecule has 108 valence electrons. The first-order chi connectivity index (χ1) is 9.95. The van der Waals surface area contributed by atoms with E-state index in [9.17, 15) is 8.42 Å². The molecule has 0 spiro atoms. The van der Waals surface area contributed by atoms with Crippen molar-refractivity contribution in [1.29, 1.82) is 0 Å². The van der Waals surface area contributed by atoms with Crippen LogP contribution in [-0.2, 0) is 10.0 Å². The van der Waals surface area contributed by atoms with Gasteiger partial charge in [0.05, 0.1) is 32.3 Å². The number of benzene rings is 2. The summed E-state index contributed by atoms with van der Waals surface area (Å²) in [5.41, 5.74) is 1.11. The van der Waals surface area contributed by atoms with Crippen molar-refractivity contribution in [3.05, 3.63) is 52.6 Å². The number of nitrogens with zero attached hydrogens (tertiary/aromatic N) is 1. The van der Waals surface area contributed by atoms with E-state index in [0.29, 0.717) is 16.1 Å². The summed E-state index contributed by atoms with van der Waals surface area (Å²) in [5.74, 6) is 0. The molecule has 5 nitrogen and oxygen atoms in total. The molecule has 1 heterocycles. The maximum Gasteiger partial charge on any atom is 0.261 e. The number of nitrogens with one attached hydrogen (secondary N) is 2. The van der Waals surface area contributed by atoms with Crippen molar-refractivity contribution in [3.8, 4) is 0 Å². The molecular formula is C13H9Cl2N3O2S. The molecule has 2 aromatic carbocycles. The molecule has 0 aliphatic rings. The van der Waals surface area contributed by atoms with E-state index >= 15 is 0 Å². The molecule has 0 fully saturated rings. The van der Waals surface area contributed by atoms with Crippen LogP contribution in [0, 0.1) is 0 Å². The molecule has 0 saturated heterocycles. The number of hydrogen-bond acceptors (Lipinski definition) is 3. The molecule has 0 saturated carbocycles. The van der Waals surface area contributed by atoms with E-state index in [1.807, 2.05) is 0 Å². The van der Waals surface area contributed by atoms with E-state index in [4.69, 9.17) is 23.2 Å². The Balaban J connectivity index is 1.97. The van der Waals surface area contributed by atoms with Crippen LogP contribution in [0.4, 0.5) is 5.69 Å². The highest BCUT2D eigenvalue weighted by Gasteiger charge is 2.15. The summed E-state index contributed by atoms with van der Waals surface area (Å²) in [6.45, 7) is 0. The van der Waals surface area contributed by atoms with Crippen molar-refractivity contribution in [2.24, 2.45) is 0 Å². The number of aromatic amines is 1. The Morgan fingerprint density at radius 2 is 1.86 bits per heavy atom. The van der Waals surface area contributed by atoms with Gasteiger partial charge in [0.15, 0.2) is 0 Å². The Hall–Kier alpha value is -1.76. The number of rotatable bonds is 3. The van der Waals surface area contributed by atoms with Crippen LogP contribution in [0.3, 0.4) is 0 Å². The molecular weight excluding hydrogens is 333 g/mol. The van der Waals surface area contributed by atoms with Gasteiger partial charge in [0.2, 0.25) is 0 Å². The zero-order valence-corrected chi connectivity index (χ0v) is 12.8. The Morgan fingerprint density at radius 3 is 2.62 bits per heavy atom. The Morgan fingerprint density at radius 1 is 1.05 bits per heavy atom. The largest absolute Gasteiger partial charge is 0.280 e. The molecule has 0 aliphatic carbocycles. The van der Waals surface area contributed by atoms with E-state index in [1.165, 1.54) is 18.2 Å². The van der Waals surface area contributed by atoms with Crippen LogP contribution >= 0.6 is 23.2 Å². The molecule has 0 unspecified atom stereocenters. The van der Waals surface area contributed by atoms with E-state index in [2.05, 4.69) is 14.9 Å². The lowest BCUT2D eigenvalue weighted by molar-refractivity contribution is 0.601. The third-order valence-corrected chi connectivity index (χ3v) is 5.01. The molecule has 8 heteroatoms. The summed E-state index contributed by atoms with van der Waals surface area (Å²) < 4.78 is 27.1. The number of anilines is 1. The first-order valence-electron chi connectivity index (χ1n) is 5.87. The number of aromatic nitrogens is 2. The molecule has 0 radical (unpaired) electrons. The molecule has 0 bridgehead atoms. The van der Waals surface area contributed by atoms with Gasteiger partial charge in [-0.1, -0.05) is 23.2 Å². The second kappa shape index (κ2) is 5.22. The predicted octanol–water partition coefficient (Wildman–Crippen LogP) is 3.67. The van der Waals surface area contributed by atoms with Gasteiger partial charge in [-0.15, -0.1) is 0 Å². The topological polar surface area (TPSA) is 74.8 Å². The molecule has 3 aromatic rings. The van der Waals surface area contributed by atoms with Crippen molar-refractivity contribution < 1.29 is 8.42 Å². The summed E-state index contributed by atoms with van der Waals surface area (Å²) in [7, 11) is -3.71. The second-order valence-electron chi connectivity index (χ2n) is 4.35. The van der Waals surface area contributed by atoms with Gasteiger partial charge in [-0.2, -0.15) is 5.10 Å². The number of halogens is 2. The lowest BCUT2D eigenvalue weighted by Gasteiger charge is -2.09. The highest BCUT2D eigenvalue weighted by molar-refractivity contribution is 7.92. The van der Waals surface area contributed by atoms with Crippen molar-refractivity contribution >= 4 is 49.8 Å². The maximum absolute atomic E-state index is 12.3. The molecule has 1 aromatic heterocycles. The summed E-state index contributed by atoms with van der Waals surface area (Å²) >= 11 is 11.7. The third-order valence-electron chi connectivity index (χ3n) is 2.89. The van der Waals surface area contributed by atoms with E-state index in [-0.39, 0.29) is 9.92 Å². The summed E-state index contributed by atoms with van der Waals surface area (Å²) in [4.78, 5) is 0.141. The zero-order valence-electron chi connectivity index (χ0n) is 10.5. The van der Waals surface area contributed by atoms with Crippen LogP contribution in [0.5, 0.6) is 0 Å². The molecule has 21 heavy (non-hydrogen) atoms. The highest BCUT2D eigenvalue weighted by Crippen LogP contribution is 2.27. The number of sulfonamides is 1. The third kappa shape index (κ3) is 2.83. The van der Waals surface area contributed by atoms with Crippen LogP contribution in [0.2, 0.25) is 10.0 Å². The molecule has 2 N–H and O–H groups in total. The smallest absolute Gasteiger partial charge is 0.261 e. The van der Waals surface area contributed by atoms with Gasteiger partial charge in [0, 0.05) is 5.39 Å². The van der Waals surface area contributed by atoms with Crippen molar-refractivity contribution in [3.63, 3.8) is 0 Å². The monoisotopic (exact) mass is 341 g/mol. The zero-order chi connectivity index (χ0) is 15.0. The van der Waals surface area contributed by atoms with Gasteiger partial charge in [0.1, 0.15) is 0 Å². The predicted molar refractivity (Wildman–Crippen MR) is 83.4 cm³/mol. The summed E-state index contributed by atoms with van der Waals surface area (Å²) in [6.07, 6.45) is 1.56. The molecule has 0 amide bonds. The van der Waals surface area contributed by atoms with Crippen LogP contribution in [0.25, 0.3) is 10.9 Å². The Kier molecular flexibility index (Phi) is 3.52. The molecule has 0 aliphatic heterocycles. The van der Waals surface area contributed by atoms with Crippen molar-refractivity contribution in [2.75, 3.05) is 4.72 Å². The first-order valence-corrected chi connectivity index (χ1v) is 8.11. The van der Waals surface area contributed by atoms with E-state index in [1.54, 1.807) is 24.4 Å². The lowest BCUT2D eigenvalue weighted by atomic mass is 10.3. The first kappa shape index (κ1) is 14.2. The quantitative estimate of drug-likeness (QED) is 0.763.